The van der Waals surface area contributed by atoms with Crippen molar-refractivity contribution in [3.63, 3.8) is 0 Å². The Hall–Kier alpha value is -1.08. The van der Waals surface area contributed by atoms with Crippen molar-refractivity contribution >= 4 is 27.3 Å². The number of nitrogens with one attached hydrogen (secondary N) is 1. The van der Waals surface area contributed by atoms with Gasteiger partial charge in [0.2, 0.25) is 5.91 Å². The lowest BCUT2D eigenvalue weighted by Crippen LogP contribution is -2.34. The average molecular weight is 305 g/mol. The largest absolute Gasteiger partial charge is 0.494 e. The molecule has 1 N–H and O–H groups in total. The van der Waals surface area contributed by atoms with E-state index in [9.17, 15) is 13.2 Å². The van der Waals surface area contributed by atoms with Crippen LogP contribution in [0, 0.1) is 5.92 Å². The standard InChI is InChI=1S/C12H19NO4S2/c1-4-5-6-9(2)11(14)13-19(15,16)12-10(17-3)7-8-18-12/h7-9H,4-6H2,1-3H3,(H,13,14). The van der Waals surface area contributed by atoms with Crippen LogP contribution in [0.2, 0.25) is 0 Å². The summed E-state index contributed by atoms with van der Waals surface area (Å²) in [6, 6.07) is 1.56. The monoisotopic (exact) mass is 305 g/mol. The molecule has 0 aromatic carbocycles. The summed E-state index contributed by atoms with van der Waals surface area (Å²) in [6.07, 6.45) is 2.56. The van der Waals surface area contributed by atoms with Gasteiger partial charge in [-0.3, -0.25) is 4.79 Å². The van der Waals surface area contributed by atoms with E-state index in [-0.39, 0.29) is 15.9 Å². The second-order valence-electron chi connectivity index (χ2n) is 4.29. The summed E-state index contributed by atoms with van der Waals surface area (Å²) in [5.74, 6) is -0.531. The maximum atomic E-state index is 12.1. The van der Waals surface area contributed by atoms with Gasteiger partial charge in [-0.15, -0.1) is 11.3 Å². The molecule has 1 aromatic rings. The number of methoxy groups -OCH3 is 1. The minimum absolute atomic E-state index is 0.0334. The molecule has 0 saturated carbocycles. The van der Waals surface area contributed by atoms with E-state index in [1.807, 2.05) is 6.92 Å². The second-order valence-corrected chi connectivity index (χ2v) is 7.08. The number of thiophene rings is 1. The lowest BCUT2D eigenvalue weighted by molar-refractivity contribution is -0.122. The van der Waals surface area contributed by atoms with Gasteiger partial charge in [-0.1, -0.05) is 26.7 Å². The minimum atomic E-state index is -3.84. The van der Waals surface area contributed by atoms with Crippen molar-refractivity contribution in [2.75, 3.05) is 7.11 Å². The molecule has 0 aliphatic heterocycles. The molecular weight excluding hydrogens is 286 g/mol. The van der Waals surface area contributed by atoms with Crippen LogP contribution < -0.4 is 9.46 Å². The predicted octanol–water partition coefficient (Wildman–Crippen LogP) is 2.39. The number of ether oxygens (including phenoxy) is 1. The molecule has 1 aromatic heterocycles. The molecule has 5 nitrogen and oxygen atoms in total. The lowest BCUT2D eigenvalue weighted by Gasteiger charge is -2.12. The van der Waals surface area contributed by atoms with Gasteiger partial charge in [0.1, 0.15) is 5.75 Å². The van der Waals surface area contributed by atoms with Crippen LogP contribution in [0.5, 0.6) is 5.75 Å². The first-order valence-electron chi connectivity index (χ1n) is 6.10. The Kier molecular flexibility index (Phi) is 5.81. The number of unbranched alkanes of at least 4 members (excludes halogenated alkanes) is 1. The first-order chi connectivity index (χ1) is 8.92. The van der Waals surface area contributed by atoms with Gasteiger partial charge >= 0.3 is 0 Å². The van der Waals surface area contributed by atoms with Crippen LogP contribution in [0.15, 0.2) is 15.7 Å². The van der Waals surface area contributed by atoms with Crippen molar-refractivity contribution in [1.82, 2.24) is 4.72 Å². The molecule has 0 saturated heterocycles. The first kappa shape index (κ1) is 16.0. The Balaban J connectivity index is 2.78. The SMILES string of the molecule is CCCCC(C)C(=O)NS(=O)(=O)c1sccc1OC. The second kappa shape index (κ2) is 6.91. The number of amides is 1. The van der Waals surface area contributed by atoms with Crippen molar-refractivity contribution in [2.24, 2.45) is 5.92 Å². The summed E-state index contributed by atoms with van der Waals surface area (Å²) >= 11 is 1.02. The molecule has 0 aliphatic carbocycles. The maximum Gasteiger partial charge on any atom is 0.277 e. The Bertz CT molecular complexity index is 522. The van der Waals surface area contributed by atoms with Gasteiger partial charge in [0, 0.05) is 5.92 Å². The summed E-state index contributed by atoms with van der Waals surface area (Å²) in [5.41, 5.74) is 0. The predicted molar refractivity (Wildman–Crippen MR) is 74.9 cm³/mol. The highest BCUT2D eigenvalue weighted by Gasteiger charge is 2.25. The van der Waals surface area contributed by atoms with E-state index < -0.39 is 15.9 Å². The van der Waals surface area contributed by atoms with E-state index >= 15 is 0 Å². The van der Waals surface area contributed by atoms with Crippen molar-refractivity contribution in [3.8, 4) is 5.75 Å². The number of sulfonamides is 1. The quantitative estimate of drug-likeness (QED) is 0.839. The van der Waals surface area contributed by atoms with E-state index in [0.29, 0.717) is 6.42 Å². The van der Waals surface area contributed by atoms with Crippen LogP contribution in [0.3, 0.4) is 0 Å². The van der Waals surface area contributed by atoms with E-state index in [1.54, 1.807) is 18.4 Å². The minimum Gasteiger partial charge on any atom is -0.494 e. The van der Waals surface area contributed by atoms with Gasteiger partial charge in [-0.05, 0) is 17.9 Å². The van der Waals surface area contributed by atoms with E-state index in [2.05, 4.69) is 4.72 Å². The van der Waals surface area contributed by atoms with Crippen molar-refractivity contribution in [3.05, 3.63) is 11.4 Å². The molecule has 7 heteroatoms. The highest BCUT2D eigenvalue weighted by molar-refractivity contribution is 7.92. The summed E-state index contributed by atoms with van der Waals surface area (Å²) < 4.78 is 31.2. The van der Waals surface area contributed by atoms with Crippen LogP contribution in [-0.4, -0.2) is 21.4 Å². The Morgan fingerprint density at radius 1 is 1.53 bits per heavy atom. The zero-order valence-corrected chi connectivity index (χ0v) is 12.9. The van der Waals surface area contributed by atoms with Crippen LogP contribution >= 0.6 is 11.3 Å². The van der Waals surface area contributed by atoms with Crippen molar-refractivity contribution in [2.45, 2.75) is 37.3 Å². The van der Waals surface area contributed by atoms with Gasteiger partial charge in [-0.25, -0.2) is 13.1 Å². The smallest absolute Gasteiger partial charge is 0.277 e. The Morgan fingerprint density at radius 3 is 2.79 bits per heavy atom. The molecule has 0 radical (unpaired) electrons. The normalized spacial score (nSPS) is 13.0. The van der Waals surface area contributed by atoms with E-state index in [0.717, 1.165) is 24.2 Å². The number of hydrogen-bond donors (Lipinski definition) is 1. The molecule has 0 bridgehead atoms. The van der Waals surface area contributed by atoms with Gasteiger partial charge in [0.05, 0.1) is 7.11 Å². The summed E-state index contributed by atoms with van der Waals surface area (Å²) in [4.78, 5) is 11.8. The molecule has 1 amide bonds. The number of carbonyl (C=O) groups excluding carboxylic acids is 1. The molecule has 108 valence electrons. The number of hydrogen-bond acceptors (Lipinski definition) is 5. The summed E-state index contributed by atoms with van der Waals surface area (Å²) in [7, 11) is -2.44. The molecule has 0 spiro atoms. The molecule has 19 heavy (non-hydrogen) atoms. The van der Waals surface area contributed by atoms with Crippen molar-refractivity contribution in [1.29, 1.82) is 0 Å². The first-order valence-corrected chi connectivity index (χ1v) is 8.46. The molecule has 0 fully saturated rings. The number of rotatable bonds is 7. The van der Waals surface area contributed by atoms with E-state index in [1.165, 1.54) is 7.11 Å². The fourth-order valence-electron chi connectivity index (χ4n) is 1.55. The molecular formula is C12H19NO4S2. The fourth-order valence-corrected chi connectivity index (χ4v) is 3.91. The van der Waals surface area contributed by atoms with Crippen molar-refractivity contribution < 1.29 is 17.9 Å². The summed E-state index contributed by atoms with van der Waals surface area (Å²) in [6.45, 7) is 3.75. The fraction of sp³-hybridized carbons (Fsp3) is 0.583. The van der Waals surface area contributed by atoms with Crippen LogP contribution in [0.25, 0.3) is 0 Å². The highest BCUT2D eigenvalue weighted by atomic mass is 32.2. The third-order valence-electron chi connectivity index (χ3n) is 2.73. The highest BCUT2D eigenvalue weighted by Crippen LogP contribution is 2.29. The Labute approximate surface area is 118 Å². The average Bonchev–Trinajstić information content (AvgIpc) is 2.84. The molecule has 1 rings (SSSR count). The van der Waals surface area contributed by atoms with E-state index in [4.69, 9.17) is 4.74 Å². The van der Waals surface area contributed by atoms with Gasteiger partial charge < -0.3 is 4.74 Å². The molecule has 0 aliphatic rings. The molecule has 1 unspecified atom stereocenters. The van der Waals surface area contributed by atoms with Crippen LogP contribution in [-0.2, 0) is 14.8 Å². The third kappa shape index (κ3) is 4.21. The molecule has 1 heterocycles. The topological polar surface area (TPSA) is 72.5 Å². The summed E-state index contributed by atoms with van der Waals surface area (Å²) in [5, 5.41) is 1.61. The van der Waals surface area contributed by atoms with Gasteiger partial charge in [-0.2, -0.15) is 0 Å². The van der Waals surface area contributed by atoms with Gasteiger partial charge in [0.15, 0.2) is 4.21 Å². The zero-order valence-electron chi connectivity index (χ0n) is 11.3. The Morgan fingerprint density at radius 2 is 2.21 bits per heavy atom. The zero-order chi connectivity index (χ0) is 14.5. The van der Waals surface area contributed by atoms with Gasteiger partial charge in [0.25, 0.3) is 10.0 Å². The van der Waals surface area contributed by atoms with Crippen LogP contribution in [0.4, 0.5) is 0 Å². The lowest BCUT2D eigenvalue weighted by atomic mass is 10.0. The molecule has 1 atom stereocenters. The van der Waals surface area contributed by atoms with Crippen LogP contribution in [0.1, 0.15) is 33.1 Å². The maximum absolute atomic E-state index is 12.1. The number of carbonyl (C=O) groups is 1. The third-order valence-corrected chi connectivity index (χ3v) is 5.53.